The molecule has 32 heavy (non-hydrogen) atoms. The van der Waals surface area contributed by atoms with Crippen molar-refractivity contribution in [3.8, 4) is 0 Å². The Hall–Kier alpha value is -2.83. The van der Waals surface area contributed by atoms with Crippen LogP contribution in [0.1, 0.15) is 20.3 Å². The van der Waals surface area contributed by atoms with E-state index in [1.807, 2.05) is 0 Å². The van der Waals surface area contributed by atoms with Gasteiger partial charge in [-0.05, 0) is 5.92 Å². The highest BCUT2D eigenvalue weighted by Crippen LogP contribution is 2.03. The predicted octanol–water partition coefficient (Wildman–Crippen LogP) is -1.31. The van der Waals surface area contributed by atoms with Crippen molar-refractivity contribution in [2.75, 3.05) is 52.7 Å². The fourth-order valence-electron chi connectivity index (χ4n) is 2.57. The van der Waals surface area contributed by atoms with Gasteiger partial charge in [-0.3, -0.25) is 28.9 Å². The Morgan fingerprint density at radius 1 is 0.938 bits per heavy atom. The molecular weight excluding hydrogens is 426 g/mol. The van der Waals surface area contributed by atoms with Crippen LogP contribution in [0.3, 0.4) is 0 Å². The molecule has 180 valence electrons. The zero-order valence-corrected chi connectivity index (χ0v) is 18.3. The number of hydrogen-bond donors (Lipinski definition) is 3. The van der Waals surface area contributed by atoms with Crippen molar-refractivity contribution in [1.82, 2.24) is 15.5 Å². The van der Waals surface area contributed by atoms with Crippen LogP contribution in [0.15, 0.2) is 12.2 Å². The molecule has 12 heteroatoms. The third kappa shape index (κ3) is 11.0. The number of ether oxygens (including phenoxy) is 3. The van der Waals surface area contributed by atoms with Crippen LogP contribution in [-0.2, 0) is 38.2 Å². The van der Waals surface area contributed by atoms with Gasteiger partial charge in [-0.2, -0.15) is 0 Å². The number of hydrogen-bond acceptors (Lipinski definition) is 8. The molecule has 0 aromatic heterocycles. The maximum atomic E-state index is 12.0. The van der Waals surface area contributed by atoms with Gasteiger partial charge in [0.25, 0.3) is 11.8 Å². The summed E-state index contributed by atoms with van der Waals surface area (Å²) in [6, 6.07) is -0.830. The van der Waals surface area contributed by atoms with Gasteiger partial charge in [0.05, 0.1) is 46.2 Å². The van der Waals surface area contributed by atoms with Crippen molar-refractivity contribution < 1.29 is 43.3 Å². The lowest BCUT2D eigenvalue weighted by molar-refractivity contribution is -0.139. The summed E-state index contributed by atoms with van der Waals surface area (Å²) in [5.41, 5.74) is 0. The van der Waals surface area contributed by atoms with Gasteiger partial charge in [0.15, 0.2) is 0 Å². The minimum atomic E-state index is -1.16. The molecule has 1 atom stereocenters. The molecule has 0 saturated carbocycles. The minimum Gasteiger partial charge on any atom is -0.480 e. The van der Waals surface area contributed by atoms with Crippen LogP contribution in [0.4, 0.5) is 0 Å². The largest absolute Gasteiger partial charge is 0.480 e. The number of carbonyl (C=O) groups excluding carboxylic acids is 4. The normalized spacial score (nSPS) is 14.2. The molecule has 4 amide bonds. The summed E-state index contributed by atoms with van der Waals surface area (Å²) in [5.74, 6) is -3.00. The minimum absolute atomic E-state index is 0.0430. The van der Waals surface area contributed by atoms with Crippen LogP contribution in [0.25, 0.3) is 0 Å². The molecular formula is C20H31N3O9. The lowest BCUT2D eigenvalue weighted by Crippen LogP contribution is -2.50. The first-order valence-corrected chi connectivity index (χ1v) is 10.3. The van der Waals surface area contributed by atoms with E-state index in [9.17, 15) is 24.0 Å². The van der Waals surface area contributed by atoms with Crippen LogP contribution >= 0.6 is 0 Å². The van der Waals surface area contributed by atoms with Crippen molar-refractivity contribution in [3.63, 3.8) is 0 Å². The van der Waals surface area contributed by atoms with Crippen molar-refractivity contribution in [2.24, 2.45) is 5.92 Å². The molecule has 0 bridgehead atoms. The topological polar surface area (TPSA) is 161 Å². The highest BCUT2D eigenvalue weighted by molar-refractivity contribution is 6.12. The van der Waals surface area contributed by atoms with E-state index < -0.39 is 24.5 Å². The summed E-state index contributed by atoms with van der Waals surface area (Å²) >= 11 is 0. The van der Waals surface area contributed by atoms with E-state index >= 15 is 0 Å². The van der Waals surface area contributed by atoms with Crippen molar-refractivity contribution in [1.29, 1.82) is 0 Å². The van der Waals surface area contributed by atoms with Gasteiger partial charge in [-0.15, -0.1) is 0 Å². The zero-order chi connectivity index (χ0) is 23.9. The third-order valence-electron chi connectivity index (χ3n) is 4.26. The maximum Gasteiger partial charge on any atom is 0.322 e. The summed E-state index contributed by atoms with van der Waals surface area (Å²) in [6.07, 6.45) is 2.48. The summed E-state index contributed by atoms with van der Waals surface area (Å²) in [6.45, 7) is 4.69. The predicted molar refractivity (Wildman–Crippen MR) is 110 cm³/mol. The monoisotopic (exact) mass is 457 g/mol. The van der Waals surface area contributed by atoms with Gasteiger partial charge in [-0.25, -0.2) is 0 Å². The molecule has 0 aromatic rings. The molecule has 1 heterocycles. The lowest BCUT2D eigenvalue weighted by atomic mass is 10.0. The van der Waals surface area contributed by atoms with Crippen LogP contribution in [-0.4, -0.2) is 98.4 Å². The van der Waals surface area contributed by atoms with Gasteiger partial charge in [0.2, 0.25) is 11.8 Å². The standard InChI is InChI=1S/C20H31N3O9/c1-14(2)19(20(29)21-13-18(27)28)22-15(24)5-7-30-9-11-32-12-10-31-8-6-23-16(25)3-4-17(23)26/h3-4,14,19H,5-13H2,1-2H3,(H,21,29)(H,22,24)(H,27,28). The van der Waals surface area contributed by atoms with Gasteiger partial charge >= 0.3 is 5.97 Å². The average Bonchev–Trinajstić information content (AvgIpc) is 3.05. The van der Waals surface area contributed by atoms with E-state index in [0.29, 0.717) is 19.8 Å². The molecule has 1 unspecified atom stereocenters. The summed E-state index contributed by atoms with van der Waals surface area (Å²) < 4.78 is 15.9. The number of carbonyl (C=O) groups is 5. The Kier molecular flexibility index (Phi) is 12.8. The molecule has 0 spiro atoms. The van der Waals surface area contributed by atoms with Gasteiger partial charge in [0, 0.05) is 18.6 Å². The fourth-order valence-corrected chi connectivity index (χ4v) is 2.57. The number of imide groups is 1. The second kappa shape index (κ2) is 15.1. The second-order valence-electron chi connectivity index (χ2n) is 7.15. The zero-order valence-electron chi connectivity index (χ0n) is 18.3. The molecule has 0 radical (unpaired) electrons. The smallest absolute Gasteiger partial charge is 0.322 e. The van der Waals surface area contributed by atoms with E-state index in [4.69, 9.17) is 19.3 Å². The van der Waals surface area contributed by atoms with E-state index in [0.717, 1.165) is 4.90 Å². The molecule has 12 nitrogen and oxygen atoms in total. The highest BCUT2D eigenvalue weighted by Gasteiger charge is 2.24. The van der Waals surface area contributed by atoms with E-state index in [1.54, 1.807) is 13.8 Å². The molecule has 1 aliphatic heterocycles. The summed E-state index contributed by atoms with van der Waals surface area (Å²) in [5, 5.41) is 13.4. The fraction of sp³-hybridized carbons (Fsp3) is 0.650. The number of amides is 4. The van der Waals surface area contributed by atoms with Crippen LogP contribution < -0.4 is 10.6 Å². The van der Waals surface area contributed by atoms with E-state index in [2.05, 4.69) is 10.6 Å². The average molecular weight is 457 g/mol. The lowest BCUT2D eigenvalue weighted by Gasteiger charge is -2.21. The van der Waals surface area contributed by atoms with Crippen molar-refractivity contribution in [2.45, 2.75) is 26.3 Å². The number of carboxylic acid groups (broad SMARTS) is 1. The Bertz CT molecular complexity index is 676. The first-order valence-electron chi connectivity index (χ1n) is 10.3. The van der Waals surface area contributed by atoms with E-state index in [-0.39, 0.29) is 56.4 Å². The quantitative estimate of drug-likeness (QED) is 0.178. The molecule has 0 aromatic carbocycles. The molecule has 1 rings (SSSR count). The van der Waals surface area contributed by atoms with Gasteiger partial charge < -0.3 is 30.0 Å². The molecule has 3 N–H and O–H groups in total. The first-order chi connectivity index (χ1) is 15.2. The number of aliphatic carboxylic acids is 1. The number of nitrogens with one attached hydrogen (secondary N) is 2. The SMILES string of the molecule is CC(C)C(NC(=O)CCOCCOCCOCCN1C(=O)C=CC1=O)C(=O)NCC(=O)O. The second-order valence-corrected chi connectivity index (χ2v) is 7.15. The molecule has 0 saturated heterocycles. The molecule has 0 fully saturated rings. The number of nitrogens with zero attached hydrogens (tertiary/aromatic N) is 1. The van der Waals surface area contributed by atoms with Gasteiger partial charge in [-0.1, -0.05) is 13.8 Å². The Labute approximate surface area is 186 Å². The van der Waals surface area contributed by atoms with Gasteiger partial charge in [0.1, 0.15) is 12.6 Å². The van der Waals surface area contributed by atoms with E-state index in [1.165, 1.54) is 12.2 Å². The molecule has 0 aliphatic carbocycles. The van der Waals surface area contributed by atoms with Crippen LogP contribution in [0, 0.1) is 5.92 Å². The summed E-state index contributed by atoms with van der Waals surface area (Å²) in [4.78, 5) is 58.3. The van der Waals surface area contributed by atoms with Crippen molar-refractivity contribution >= 4 is 29.6 Å². The third-order valence-corrected chi connectivity index (χ3v) is 4.26. The van der Waals surface area contributed by atoms with Crippen LogP contribution in [0.5, 0.6) is 0 Å². The van der Waals surface area contributed by atoms with Crippen LogP contribution in [0.2, 0.25) is 0 Å². The Morgan fingerprint density at radius 2 is 1.47 bits per heavy atom. The van der Waals surface area contributed by atoms with Crippen molar-refractivity contribution in [3.05, 3.63) is 12.2 Å². The highest BCUT2D eigenvalue weighted by atomic mass is 16.5. The Balaban J connectivity index is 2.02. The summed E-state index contributed by atoms with van der Waals surface area (Å²) in [7, 11) is 0. The first kappa shape index (κ1) is 27.2. The molecule has 1 aliphatic rings. The Morgan fingerprint density at radius 3 is 2.00 bits per heavy atom. The number of rotatable bonds is 17. The maximum absolute atomic E-state index is 12.0. The number of carboxylic acids is 1.